The molecule has 0 bridgehead atoms. The minimum Gasteiger partial charge on any atom is -0.495 e. The summed E-state index contributed by atoms with van der Waals surface area (Å²) in [6.07, 6.45) is 1.38. The van der Waals surface area contributed by atoms with Crippen LogP contribution < -0.4 is 10.1 Å². The van der Waals surface area contributed by atoms with E-state index in [0.29, 0.717) is 23.0 Å². The van der Waals surface area contributed by atoms with E-state index >= 15 is 0 Å². The zero-order chi connectivity index (χ0) is 14.5. The van der Waals surface area contributed by atoms with Gasteiger partial charge in [0.15, 0.2) is 0 Å². The van der Waals surface area contributed by atoms with Gasteiger partial charge in [-0.25, -0.2) is 0 Å². The molecule has 1 aliphatic rings. The molecule has 0 aromatic heterocycles. The predicted octanol–water partition coefficient (Wildman–Crippen LogP) is 1.74. The molecule has 1 unspecified atom stereocenters. The largest absolute Gasteiger partial charge is 0.495 e. The predicted molar refractivity (Wildman–Crippen MR) is 78.3 cm³/mol. The number of nitrogens with zero attached hydrogens (tertiary/aromatic N) is 1. The van der Waals surface area contributed by atoms with E-state index in [1.807, 2.05) is 4.90 Å². The molecule has 1 aromatic rings. The number of rotatable bonds is 4. The SMILES string of the molecule is COc1ccc(Cl)cc1NC(=O)CN1CCCC(O)C1. The van der Waals surface area contributed by atoms with Crippen molar-refractivity contribution in [1.29, 1.82) is 0 Å². The van der Waals surface area contributed by atoms with Crippen molar-refractivity contribution in [2.24, 2.45) is 0 Å². The van der Waals surface area contributed by atoms with Crippen molar-refractivity contribution < 1.29 is 14.6 Å². The van der Waals surface area contributed by atoms with Gasteiger partial charge in [0, 0.05) is 11.6 Å². The lowest BCUT2D eigenvalue weighted by Gasteiger charge is -2.29. The van der Waals surface area contributed by atoms with Crippen LogP contribution in [0.4, 0.5) is 5.69 Å². The Bertz CT molecular complexity index is 481. The van der Waals surface area contributed by atoms with Gasteiger partial charge in [-0.3, -0.25) is 9.69 Å². The summed E-state index contributed by atoms with van der Waals surface area (Å²) in [6.45, 7) is 1.63. The Kier molecular flexibility index (Phi) is 5.23. The Morgan fingerprint density at radius 3 is 3.10 bits per heavy atom. The number of hydrogen-bond donors (Lipinski definition) is 2. The van der Waals surface area contributed by atoms with Crippen LogP contribution in [-0.4, -0.2) is 48.8 Å². The Hall–Kier alpha value is -1.30. The van der Waals surface area contributed by atoms with E-state index in [-0.39, 0.29) is 18.6 Å². The number of carbonyl (C=O) groups is 1. The standard InChI is InChI=1S/C14H19ClN2O3/c1-20-13-5-4-10(15)7-12(13)16-14(19)9-17-6-2-3-11(18)8-17/h4-5,7,11,18H,2-3,6,8-9H2,1H3,(H,16,19). The van der Waals surface area contributed by atoms with Gasteiger partial charge in [0.2, 0.25) is 5.91 Å². The summed E-state index contributed by atoms with van der Waals surface area (Å²) in [7, 11) is 1.54. The number of β-amino-alcohol motifs (C(OH)–C–C–N with tert-alkyl or cyclic N) is 1. The van der Waals surface area contributed by atoms with Crippen molar-refractivity contribution in [2.45, 2.75) is 18.9 Å². The lowest BCUT2D eigenvalue weighted by Crippen LogP contribution is -2.42. The molecule has 0 spiro atoms. The fourth-order valence-corrected chi connectivity index (χ4v) is 2.52. The summed E-state index contributed by atoms with van der Waals surface area (Å²) in [5.41, 5.74) is 0.558. The van der Waals surface area contributed by atoms with Crippen LogP contribution in [0, 0.1) is 0 Å². The quantitative estimate of drug-likeness (QED) is 0.889. The van der Waals surface area contributed by atoms with Crippen LogP contribution in [0.1, 0.15) is 12.8 Å². The minimum atomic E-state index is -0.336. The molecule has 1 amide bonds. The molecule has 6 heteroatoms. The number of halogens is 1. The molecule has 0 saturated carbocycles. The van der Waals surface area contributed by atoms with E-state index in [1.54, 1.807) is 25.3 Å². The Labute approximate surface area is 123 Å². The highest BCUT2D eigenvalue weighted by Gasteiger charge is 2.20. The van der Waals surface area contributed by atoms with Gasteiger partial charge >= 0.3 is 0 Å². The van der Waals surface area contributed by atoms with Gasteiger partial charge in [-0.1, -0.05) is 11.6 Å². The van der Waals surface area contributed by atoms with Crippen LogP contribution >= 0.6 is 11.6 Å². The molecule has 1 aliphatic heterocycles. The third kappa shape index (κ3) is 4.10. The average molecular weight is 299 g/mol. The molecular weight excluding hydrogens is 280 g/mol. The van der Waals surface area contributed by atoms with Crippen molar-refractivity contribution in [3.8, 4) is 5.75 Å². The molecule has 20 heavy (non-hydrogen) atoms. The summed E-state index contributed by atoms with van der Waals surface area (Å²) in [6, 6.07) is 5.07. The molecule has 1 aromatic carbocycles. The molecular formula is C14H19ClN2O3. The van der Waals surface area contributed by atoms with Crippen molar-refractivity contribution in [3.63, 3.8) is 0 Å². The van der Waals surface area contributed by atoms with Crippen molar-refractivity contribution >= 4 is 23.2 Å². The van der Waals surface area contributed by atoms with Crippen LogP contribution in [0.2, 0.25) is 5.02 Å². The molecule has 0 aliphatic carbocycles. The number of aliphatic hydroxyl groups excluding tert-OH is 1. The second-order valence-electron chi connectivity index (χ2n) is 4.92. The molecule has 110 valence electrons. The van der Waals surface area contributed by atoms with Gasteiger partial charge in [0.1, 0.15) is 5.75 Å². The molecule has 5 nitrogen and oxygen atoms in total. The van der Waals surface area contributed by atoms with Gasteiger partial charge in [-0.05, 0) is 37.6 Å². The molecule has 1 atom stereocenters. The lowest BCUT2D eigenvalue weighted by molar-refractivity contribution is -0.118. The summed E-state index contributed by atoms with van der Waals surface area (Å²) >= 11 is 5.92. The van der Waals surface area contributed by atoms with Crippen LogP contribution in [0.3, 0.4) is 0 Å². The summed E-state index contributed by atoms with van der Waals surface area (Å²) in [5.74, 6) is 0.432. The van der Waals surface area contributed by atoms with Crippen LogP contribution in [0.15, 0.2) is 18.2 Å². The first-order valence-electron chi connectivity index (χ1n) is 6.62. The van der Waals surface area contributed by atoms with E-state index in [9.17, 15) is 9.90 Å². The van der Waals surface area contributed by atoms with Gasteiger partial charge < -0.3 is 15.2 Å². The van der Waals surface area contributed by atoms with Gasteiger partial charge in [0.05, 0.1) is 25.4 Å². The number of aliphatic hydroxyl groups is 1. The maximum absolute atomic E-state index is 12.0. The third-order valence-electron chi connectivity index (χ3n) is 3.28. The summed E-state index contributed by atoms with van der Waals surface area (Å²) in [4.78, 5) is 14.0. The number of nitrogens with one attached hydrogen (secondary N) is 1. The second kappa shape index (κ2) is 6.92. The number of hydrogen-bond acceptors (Lipinski definition) is 4. The number of anilines is 1. The second-order valence-corrected chi connectivity index (χ2v) is 5.36. The normalized spacial score (nSPS) is 19.6. The van der Waals surface area contributed by atoms with Crippen molar-refractivity contribution in [2.75, 3.05) is 32.1 Å². The lowest BCUT2D eigenvalue weighted by atomic mass is 10.1. The molecule has 1 fully saturated rings. The smallest absolute Gasteiger partial charge is 0.238 e. The Morgan fingerprint density at radius 2 is 2.40 bits per heavy atom. The molecule has 1 heterocycles. The van der Waals surface area contributed by atoms with Gasteiger partial charge in [-0.2, -0.15) is 0 Å². The number of carbonyl (C=O) groups excluding carboxylic acids is 1. The Balaban J connectivity index is 1.95. The molecule has 0 radical (unpaired) electrons. The fraction of sp³-hybridized carbons (Fsp3) is 0.500. The number of methoxy groups -OCH3 is 1. The maximum Gasteiger partial charge on any atom is 0.238 e. The van der Waals surface area contributed by atoms with Crippen LogP contribution in [-0.2, 0) is 4.79 Å². The number of ether oxygens (including phenoxy) is 1. The van der Waals surface area contributed by atoms with E-state index in [1.165, 1.54) is 0 Å². The summed E-state index contributed by atoms with van der Waals surface area (Å²) < 4.78 is 5.18. The first kappa shape index (κ1) is 15.1. The minimum absolute atomic E-state index is 0.139. The van der Waals surface area contributed by atoms with Crippen molar-refractivity contribution in [3.05, 3.63) is 23.2 Å². The van der Waals surface area contributed by atoms with Crippen LogP contribution in [0.5, 0.6) is 5.75 Å². The number of benzene rings is 1. The maximum atomic E-state index is 12.0. The molecule has 2 rings (SSSR count). The van der Waals surface area contributed by atoms with E-state index in [0.717, 1.165) is 19.4 Å². The zero-order valence-electron chi connectivity index (χ0n) is 11.4. The van der Waals surface area contributed by atoms with E-state index < -0.39 is 0 Å². The van der Waals surface area contributed by atoms with Crippen LogP contribution in [0.25, 0.3) is 0 Å². The zero-order valence-corrected chi connectivity index (χ0v) is 12.2. The Morgan fingerprint density at radius 1 is 1.60 bits per heavy atom. The monoisotopic (exact) mass is 298 g/mol. The highest BCUT2D eigenvalue weighted by atomic mass is 35.5. The first-order chi connectivity index (χ1) is 9.58. The van der Waals surface area contributed by atoms with E-state index in [2.05, 4.69) is 5.32 Å². The van der Waals surface area contributed by atoms with E-state index in [4.69, 9.17) is 16.3 Å². The third-order valence-corrected chi connectivity index (χ3v) is 3.52. The number of piperidine rings is 1. The first-order valence-corrected chi connectivity index (χ1v) is 7.00. The number of likely N-dealkylation sites (tertiary alicyclic amines) is 1. The van der Waals surface area contributed by atoms with Gasteiger partial charge in [0.25, 0.3) is 0 Å². The highest BCUT2D eigenvalue weighted by molar-refractivity contribution is 6.31. The van der Waals surface area contributed by atoms with Gasteiger partial charge in [-0.15, -0.1) is 0 Å². The topological polar surface area (TPSA) is 61.8 Å². The molecule has 2 N–H and O–H groups in total. The average Bonchev–Trinajstić information content (AvgIpc) is 2.38. The van der Waals surface area contributed by atoms with Crippen molar-refractivity contribution in [1.82, 2.24) is 4.90 Å². The summed E-state index contributed by atoms with van der Waals surface area (Å²) in [5, 5.41) is 12.9. The molecule has 1 saturated heterocycles. The number of amides is 1. The fourth-order valence-electron chi connectivity index (χ4n) is 2.35. The highest BCUT2D eigenvalue weighted by Crippen LogP contribution is 2.27.